The Bertz CT molecular complexity index is 662. The lowest BCUT2D eigenvalue weighted by Gasteiger charge is -2.26. The minimum Gasteiger partial charge on any atom is -0.356 e. The van der Waals surface area contributed by atoms with Crippen molar-refractivity contribution in [2.45, 2.75) is 51.9 Å². The molecule has 1 aliphatic carbocycles. The van der Waals surface area contributed by atoms with E-state index in [2.05, 4.69) is 46.7 Å². The van der Waals surface area contributed by atoms with Gasteiger partial charge in [-0.2, -0.15) is 0 Å². The highest BCUT2D eigenvalue weighted by Crippen LogP contribution is 2.50. The molecule has 0 saturated heterocycles. The molecule has 1 heterocycles. The molecule has 2 N–H and O–H groups in total. The van der Waals surface area contributed by atoms with Crippen LogP contribution in [0.3, 0.4) is 0 Å². The second-order valence-electron chi connectivity index (χ2n) is 7.77. The normalized spacial score (nSPS) is 18.5. The van der Waals surface area contributed by atoms with E-state index in [1.807, 2.05) is 13.8 Å². The highest BCUT2D eigenvalue weighted by molar-refractivity contribution is 5.98. The van der Waals surface area contributed by atoms with Crippen molar-refractivity contribution in [3.05, 3.63) is 29.8 Å². The standard InChI is InChI=1S/C21H32N4O/c1-4-22-20(24-14-13-23-19(26)16(2)3)25-15-21(11-7-8-12-21)17-9-5-6-10-18(17)25/h5-6,9-10,16H,4,7-8,11-15H2,1-3H3,(H,22,24)(H,23,26). The Morgan fingerprint density at radius 3 is 2.65 bits per heavy atom. The number of anilines is 1. The first-order chi connectivity index (χ1) is 12.6. The van der Waals surface area contributed by atoms with Crippen LogP contribution in [0.2, 0.25) is 0 Å². The lowest BCUT2D eigenvalue weighted by molar-refractivity contribution is -0.123. The summed E-state index contributed by atoms with van der Waals surface area (Å²) in [6, 6.07) is 8.79. The molecule has 0 unspecified atom stereocenters. The summed E-state index contributed by atoms with van der Waals surface area (Å²) in [7, 11) is 0. The molecule has 0 bridgehead atoms. The summed E-state index contributed by atoms with van der Waals surface area (Å²) in [6.07, 6.45) is 5.17. The Morgan fingerprint density at radius 2 is 1.96 bits per heavy atom. The first-order valence-electron chi connectivity index (χ1n) is 10.0. The van der Waals surface area contributed by atoms with E-state index in [1.165, 1.54) is 36.9 Å². The number of rotatable bonds is 5. The molecule has 0 radical (unpaired) electrons. The van der Waals surface area contributed by atoms with Gasteiger partial charge in [0.25, 0.3) is 0 Å². The minimum absolute atomic E-state index is 0.0138. The Hall–Kier alpha value is -2.04. The molecular formula is C21H32N4O. The maximum absolute atomic E-state index is 11.7. The van der Waals surface area contributed by atoms with Crippen LogP contribution >= 0.6 is 0 Å². The number of fused-ring (bicyclic) bond motifs is 2. The van der Waals surface area contributed by atoms with Gasteiger partial charge in [-0.1, -0.05) is 44.9 Å². The van der Waals surface area contributed by atoms with Crippen LogP contribution in [0, 0.1) is 5.92 Å². The molecule has 1 aromatic rings. The minimum atomic E-state index is 0.0138. The van der Waals surface area contributed by atoms with Gasteiger partial charge in [0.1, 0.15) is 0 Å². The van der Waals surface area contributed by atoms with Crippen molar-refractivity contribution in [1.29, 1.82) is 0 Å². The van der Waals surface area contributed by atoms with Gasteiger partial charge in [-0.15, -0.1) is 0 Å². The van der Waals surface area contributed by atoms with Crippen LogP contribution in [0.1, 0.15) is 52.0 Å². The van der Waals surface area contributed by atoms with Crippen molar-refractivity contribution in [3.8, 4) is 0 Å². The number of guanidine groups is 1. The van der Waals surface area contributed by atoms with E-state index in [1.54, 1.807) is 0 Å². The van der Waals surface area contributed by atoms with Crippen LogP contribution < -0.4 is 15.5 Å². The van der Waals surface area contributed by atoms with E-state index in [-0.39, 0.29) is 11.8 Å². The smallest absolute Gasteiger partial charge is 0.222 e. The van der Waals surface area contributed by atoms with Crippen LogP contribution in [0.15, 0.2) is 29.3 Å². The summed E-state index contributed by atoms with van der Waals surface area (Å²) < 4.78 is 0. The molecule has 0 atom stereocenters. The maximum atomic E-state index is 11.7. The van der Waals surface area contributed by atoms with Crippen molar-refractivity contribution < 1.29 is 4.79 Å². The molecule has 1 aliphatic heterocycles. The summed E-state index contributed by atoms with van der Waals surface area (Å²) in [5.74, 6) is 1.03. The fraction of sp³-hybridized carbons (Fsp3) is 0.619. The van der Waals surface area contributed by atoms with Crippen molar-refractivity contribution in [3.63, 3.8) is 0 Å². The fourth-order valence-electron chi connectivity index (χ4n) is 4.24. The highest BCUT2D eigenvalue weighted by atomic mass is 16.1. The molecule has 5 heteroatoms. The SMILES string of the molecule is CCNC(=NCCNC(=O)C(C)C)N1CC2(CCCC2)c2ccccc21. The number of carbonyl (C=O) groups excluding carboxylic acids is 1. The van der Waals surface area contributed by atoms with Gasteiger partial charge in [-0.25, -0.2) is 0 Å². The average Bonchev–Trinajstić information content (AvgIpc) is 3.24. The summed E-state index contributed by atoms with van der Waals surface area (Å²) in [4.78, 5) is 18.9. The number of amides is 1. The molecule has 1 fully saturated rings. The van der Waals surface area contributed by atoms with Gasteiger partial charge in [-0.3, -0.25) is 9.79 Å². The van der Waals surface area contributed by atoms with Gasteiger partial charge in [0.15, 0.2) is 5.96 Å². The van der Waals surface area contributed by atoms with Gasteiger partial charge in [0.2, 0.25) is 5.91 Å². The van der Waals surface area contributed by atoms with E-state index >= 15 is 0 Å². The number of nitrogens with zero attached hydrogens (tertiary/aromatic N) is 2. The fourth-order valence-corrected chi connectivity index (χ4v) is 4.24. The van der Waals surface area contributed by atoms with Crippen molar-refractivity contribution >= 4 is 17.6 Å². The summed E-state index contributed by atoms with van der Waals surface area (Å²) >= 11 is 0. The zero-order chi connectivity index (χ0) is 18.6. The van der Waals surface area contributed by atoms with Crippen LogP contribution in [0.25, 0.3) is 0 Å². The van der Waals surface area contributed by atoms with E-state index in [9.17, 15) is 4.79 Å². The molecule has 1 aromatic carbocycles. The topological polar surface area (TPSA) is 56.7 Å². The number of carbonyl (C=O) groups is 1. The first-order valence-corrected chi connectivity index (χ1v) is 10.0. The first kappa shape index (κ1) is 18.7. The van der Waals surface area contributed by atoms with Crippen molar-refractivity contribution in [2.24, 2.45) is 10.9 Å². The van der Waals surface area contributed by atoms with Crippen LogP contribution in [0.5, 0.6) is 0 Å². The van der Waals surface area contributed by atoms with Crippen molar-refractivity contribution in [1.82, 2.24) is 10.6 Å². The highest BCUT2D eigenvalue weighted by Gasteiger charge is 2.45. The molecule has 142 valence electrons. The second kappa shape index (κ2) is 8.11. The number of hydrogen-bond donors (Lipinski definition) is 2. The number of aliphatic imine (C=N–C) groups is 1. The Balaban J connectivity index is 1.76. The molecule has 1 amide bonds. The third-order valence-electron chi connectivity index (χ3n) is 5.58. The van der Waals surface area contributed by atoms with E-state index in [0.29, 0.717) is 18.5 Å². The predicted molar refractivity (Wildman–Crippen MR) is 108 cm³/mol. The third kappa shape index (κ3) is 3.71. The van der Waals surface area contributed by atoms with Gasteiger partial charge >= 0.3 is 0 Å². The Morgan fingerprint density at radius 1 is 1.23 bits per heavy atom. The lowest BCUT2D eigenvalue weighted by Crippen LogP contribution is -2.44. The van der Waals surface area contributed by atoms with Crippen LogP contribution in [-0.2, 0) is 10.2 Å². The average molecular weight is 357 g/mol. The number of para-hydroxylation sites is 1. The lowest BCUT2D eigenvalue weighted by atomic mass is 9.81. The summed E-state index contributed by atoms with van der Waals surface area (Å²) in [6.45, 7) is 8.93. The number of nitrogens with one attached hydrogen (secondary N) is 2. The maximum Gasteiger partial charge on any atom is 0.222 e. The van der Waals surface area contributed by atoms with Gasteiger partial charge in [-0.05, 0) is 31.4 Å². The monoisotopic (exact) mass is 356 g/mol. The van der Waals surface area contributed by atoms with Gasteiger partial charge in [0, 0.05) is 36.7 Å². The molecule has 2 aliphatic rings. The van der Waals surface area contributed by atoms with Crippen LogP contribution in [-0.4, -0.2) is 38.0 Å². The zero-order valence-electron chi connectivity index (χ0n) is 16.3. The van der Waals surface area contributed by atoms with E-state index in [4.69, 9.17) is 4.99 Å². The molecule has 5 nitrogen and oxygen atoms in total. The molecule has 26 heavy (non-hydrogen) atoms. The second-order valence-corrected chi connectivity index (χ2v) is 7.77. The third-order valence-corrected chi connectivity index (χ3v) is 5.58. The molecular weight excluding hydrogens is 324 g/mol. The largest absolute Gasteiger partial charge is 0.356 e. The number of benzene rings is 1. The van der Waals surface area contributed by atoms with Gasteiger partial charge in [0.05, 0.1) is 6.54 Å². The molecule has 1 saturated carbocycles. The molecule has 0 aromatic heterocycles. The quantitative estimate of drug-likeness (QED) is 0.484. The summed E-state index contributed by atoms with van der Waals surface area (Å²) in [5, 5.41) is 6.39. The Kier molecular flexibility index (Phi) is 5.84. The van der Waals surface area contributed by atoms with E-state index in [0.717, 1.165) is 19.0 Å². The summed E-state index contributed by atoms with van der Waals surface area (Å²) in [5.41, 5.74) is 3.06. The number of hydrogen-bond acceptors (Lipinski definition) is 2. The zero-order valence-corrected chi connectivity index (χ0v) is 16.3. The van der Waals surface area contributed by atoms with E-state index < -0.39 is 0 Å². The predicted octanol–water partition coefficient (Wildman–Crippen LogP) is 3.06. The van der Waals surface area contributed by atoms with Crippen molar-refractivity contribution in [2.75, 3.05) is 31.1 Å². The Labute approximate surface area is 157 Å². The molecule has 3 rings (SSSR count). The molecule has 1 spiro atoms. The van der Waals surface area contributed by atoms with Crippen LogP contribution in [0.4, 0.5) is 5.69 Å². The van der Waals surface area contributed by atoms with Gasteiger partial charge < -0.3 is 15.5 Å².